The van der Waals surface area contributed by atoms with Crippen LogP contribution in [-0.2, 0) is 6.42 Å². The first-order valence-electron chi connectivity index (χ1n) is 6.09. The highest BCUT2D eigenvalue weighted by atomic mass is 16.5. The first-order valence-corrected chi connectivity index (χ1v) is 6.09. The van der Waals surface area contributed by atoms with Gasteiger partial charge in [0.15, 0.2) is 0 Å². The van der Waals surface area contributed by atoms with Gasteiger partial charge in [-0.2, -0.15) is 0 Å². The van der Waals surface area contributed by atoms with Crippen LogP contribution in [0.3, 0.4) is 0 Å². The molecule has 0 radical (unpaired) electrons. The van der Waals surface area contributed by atoms with E-state index in [0.29, 0.717) is 11.8 Å². The van der Waals surface area contributed by atoms with Crippen molar-refractivity contribution < 1.29 is 4.52 Å². The molecular weight excluding hydrogens is 212 g/mol. The Kier molecular flexibility index (Phi) is 2.39. The van der Waals surface area contributed by atoms with Gasteiger partial charge in [-0.25, -0.2) is 0 Å². The number of nitrogens with zero attached hydrogens (tertiary/aromatic N) is 1. The van der Waals surface area contributed by atoms with Crippen molar-refractivity contribution in [3.63, 3.8) is 0 Å². The van der Waals surface area contributed by atoms with Crippen molar-refractivity contribution in [1.29, 1.82) is 0 Å². The number of rotatable bonds is 1. The lowest BCUT2D eigenvalue weighted by Crippen LogP contribution is -2.06. The molecule has 0 amide bonds. The zero-order chi connectivity index (χ0) is 11.8. The Morgan fingerprint density at radius 2 is 2.29 bits per heavy atom. The van der Waals surface area contributed by atoms with E-state index < -0.39 is 0 Å². The minimum absolute atomic E-state index is 0.397. The highest BCUT2D eigenvalue weighted by molar-refractivity contribution is 5.72. The van der Waals surface area contributed by atoms with Crippen LogP contribution in [0.5, 0.6) is 0 Å². The van der Waals surface area contributed by atoms with Crippen LogP contribution in [0.15, 0.2) is 28.9 Å². The largest absolute Gasteiger partial charge is 0.367 e. The molecular formula is C14H16N2O. The standard InChI is InChI=1S/C14H16N2O/c1-9-3-2-4-10-5-6-11(7-12(9)10)13-8-16-17-14(13)15/h5-9H,2-4,15H2,1H3. The van der Waals surface area contributed by atoms with Gasteiger partial charge < -0.3 is 10.3 Å². The average Bonchev–Trinajstić information content (AvgIpc) is 2.76. The number of hydrogen-bond donors (Lipinski definition) is 1. The van der Waals surface area contributed by atoms with Crippen molar-refractivity contribution in [2.75, 3.05) is 5.73 Å². The van der Waals surface area contributed by atoms with Gasteiger partial charge in [0, 0.05) is 0 Å². The highest BCUT2D eigenvalue weighted by Crippen LogP contribution is 2.35. The van der Waals surface area contributed by atoms with E-state index >= 15 is 0 Å². The van der Waals surface area contributed by atoms with Crippen molar-refractivity contribution in [1.82, 2.24) is 5.16 Å². The van der Waals surface area contributed by atoms with Gasteiger partial charge in [0.2, 0.25) is 5.88 Å². The monoisotopic (exact) mass is 228 g/mol. The fourth-order valence-corrected chi connectivity index (χ4v) is 2.67. The maximum atomic E-state index is 5.75. The van der Waals surface area contributed by atoms with Crippen LogP contribution < -0.4 is 5.73 Å². The van der Waals surface area contributed by atoms with Crippen molar-refractivity contribution >= 4 is 5.88 Å². The Balaban J connectivity index is 2.09. The molecule has 2 N–H and O–H groups in total. The smallest absolute Gasteiger partial charge is 0.229 e. The molecule has 1 aromatic carbocycles. The molecule has 88 valence electrons. The number of nitrogen functional groups attached to an aromatic ring is 1. The summed E-state index contributed by atoms with van der Waals surface area (Å²) < 4.78 is 4.92. The number of aryl methyl sites for hydroxylation is 1. The maximum Gasteiger partial charge on any atom is 0.229 e. The zero-order valence-corrected chi connectivity index (χ0v) is 9.94. The Morgan fingerprint density at radius 1 is 1.41 bits per heavy atom. The van der Waals surface area contributed by atoms with E-state index in [9.17, 15) is 0 Å². The first-order chi connectivity index (χ1) is 8.25. The first kappa shape index (κ1) is 10.4. The SMILES string of the molecule is CC1CCCc2ccc(-c3cnoc3N)cc21. The molecule has 0 saturated carbocycles. The molecule has 1 aromatic heterocycles. The van der Waals surface area contributed by atoms with Gasteiger partial charge in [0.1, 0.15) is 0 Å². The lowest BCUT2D eigenvalue weighted by molar-refractivity contribution is 0.436. The zero-order valence-electron chi connectivity index (χ0n) is 9.94. The third-order valence-electron chi connectivity index (χ3n) is 3.67. The van der Waals surface area contributed by atoms with E-state index in [1.165, 1.54) is 30.4 Å². The van der Waals surface area contributed by atoms with Crippen molar-refractivity contribution in [3.05, 3.63) is 35.5 Å². The minimum Gasteiger partial charge on any atom is -0.367 e. The summed E-state index contributed by atoms with van der Waals surface area (Å²) in [5.74, 6) is 1.04. The molecule has 0 fully saturated rings. The summed E-state index contributed by atoms with van der Waals surface area (Å²) >= 11 is 0. The Hall–Kier alpha value is -1.77. The molecule has 1 unspecified atom stereocenters. The average molecular weight is 228 g/mol. The van der Waals surface area contributed by atoms with Gasteiger partial charge in [-0.1, -0.05) is 30.3 Å². The van der Waals surface area contributed by atoms with E-state index in [2.05, 4.69) is 30.3 Å². The van der Waals surface area contributed by atoms with E-state index in [-0.39, 0.29) is 0 Å². The number of benzene rings is 1. The summed E-state index contributed by atoms with van der Waals surface area (Å²) in [4.78, 5) is 0. The summed E-state index contributed by atoms with van der Waals surface area (Å²) in [6, 6.07) is 6.56. The van der Waals surface area contributed by atoms with Gasteiger partial charge in [-0.15, -0.1) is 0 Å². The summed E-state index contributed by atoms with van der Waals surface area (Å²) in [6.45, 7) is 2.29. The molecule has 3 nitrogen and oxygen atoms in total. The van der Waals surface area contributed by atoms with E-state index in [1.807, 2.05) is 0 Å². The highest BCUT2D eigenvalue weighted by Gasteiger charge is 2.17. The molecule has 3 heteroatoms. The van der Waals surface area contributed by atoms with Crippen LogP contribution in [-0.4, -0.2) is 5.16 Å². The van der Waals surface area contributed by atoms with Gasteiger partial charge in [-0.05, 0) is 41.9 Å². The van der Waals surface area contributed by atoms with Crippen LogP contribution >= 0.6 is 0 Å². The second-order valence-electron chi connectivity index (χ2n) is 4.81. The molecule has 2 aromatic rings. The lowest BCUT2D eigenvalue weighted by atomic mass is 9.82. The summed E-state index contributed by atoms with van der Waals surface area (Å²) in [6.07, 6.45) is 5.45. The number of fused-ring (bicyclic) bond motifs is 1. The van der Waals surface area contributed by atoms with Gasteiger partial charge in [0.25, 0.3) is 0 Å². The predicted octanol–water partition coefficient (Wildman–Crippen LogP) is 3.36. The van der Waals surface area contributed by atoms with E-state index in [0.717, 1.165) is 11.1 Å². The summed E-state index contributed by atoms with van der Waals surface area (Å²) in [7, 11) is 0. The Bertz CT molecular complexity index is 545. The normalized spacial score (nSPS) is 19.0. The van der Waals surface area contributed by atoms with Crippen molar-refractivity contribution in [2.45, 2.75) is 32.1 Å². The predicted molar refractivity (Wildman–Crippen MR) is 67.7 cm³/mol. The second kappa shape index (κ2) is 3.91. The molecule has 0 saturated heterocycles. The number of anilines is 1. The topological polar surface area (TPSA) is 52.0 Å². The summed E-state index contributed by atoms with van der Waals surface area (Å²) in [5, 5.41) is 3.73. The number of aromatic nitrogens is 1. The Morgan fingerprint density at radius 3 is 3.06 bits per heavy atom. The molecule has 17 heavy (non-hydrogen) atoms. The van der Waals surface area contributed by atoms with Crippen LogP contribution in [0.1, 0.15) is 36.8 Å². The van der Waals surface area contributed by atoms with Crippen LogP contribution in [0.2, 0.25) is 0 Å². The molecule has 1 atom stereocenters. The molecule has 0 bridgehead atoms. The third-order valence-corrected chi connectivity index (χ3v) is 3.67. The van der Waals surface area contributed by atoms with Crippen molar-refractivity contribution in [2.24, 2.45) is 0 Å². The quantitative estimate of drug-likeness (QED) is 0.814. The maximum absolute atomic E-state index is 5.75. The van der Waals surface area contributed by atoms with Crippen LogP contribution in [0.4, 0.5) is 5.88 Å². The van der Waals surface area contributed by atoms with E-state index in [1.54, 1.807) is 6.20 Å². The lowest BCUT2D eigenvalue weighted by Gasteiger charge is -2.22. The molecule has 0 spiro atoms. The fraction of sp³-hybridized carbons (Fsp3) is 0.357. The van der Waals surface area contributed by atoms with Gasteiger partial charge in [0.05, 0.1) is 11.8 Å². The number of hydrogen-bond acceptors (Lipinski definition) is 3. The fourth-order valence-electron chi connectivity index (χ4n) is 2.67. The second-order valence-corrected chi connectivity index (χ2v) is 4.81. The van der Waals surface area contributed by atoms with Crippen LogP contribution in [0, 0.1) is 0 Å². The van der Waals surface area contributed by atoms with Gasteiger partial charge >= 0.3 is 0 Å². The van der Waals surface area contributed by atoms with Crippen molar-refractivity contribution in [3.8, 4) is 11.1 Å². The summed E-state index contributed by atoms with van der Waals surface area (Å²) in [5.41, 5.74) is 10.7. The van der Waals surface area contributed by atoms with Gasteiger partial charge in [-0.3, -0.25) is 0 Å². The van der Waals surface area contributed by atoms with E-state index in [4.69, 9.17) is 10.3 Å². The third kappa shape index (κ3) is 1.71. The molecule has 1 aliphatic carbocycles. The number of nitrogens with two attached hydrogens (primary N) is 1. The minimum atomic E-state index is 0.397. The molecule has 1 heterocycles. The molecule has 0 aliphatic heterocycles. The molecule has 3 rings (SSSR count). The van der Waals surface area contributed by atoms with Crippen LogP contribution in [0.25, 0.3) is 11.1 Å². The molecule has 1 aliphatic rings. The Labute approximate surface area is 101 Å².